The molecule has 0 amide bonds. The van der Waals surface area contributed by atoms with Gasteiger partial charge in [-0.2, -0.15) is 0 Å². The highest BCUT2D eigenvalue weighted by molar-refractivity contribution is 5.49. The minimum absolute atomic E-state index is 0.126. The third kappa shape index (κ3) is 6.51. The fourth-order valence-electron chi connectivity index (χ4n) is 3.48. The third-order valence-electron chi connectivity index (χ3n) is 5.47. The Morgan fingerprint density at radius 2 is 1.61 bits per heavy atom. The second-order valence-electron chi connectivity index (χ2n) is 8.21. The molecule has 0 spiro atoms. The molecule has 4 rings (SSSR count). The van der Waals surface area contributed by atoms with Crippen LogP contribution in [-0.2, 0) is 16.1 Å². The first-order valence-corrected chi connectivity index (χ1v) is 10.4. The van der Waals surface area contributed by atoms with Crippen molar-refractivity contribution in [2.75, 3.05) is 31.2 Å². The van der Waals surface area contributed by atoms with Crippen LogP contribution in [0.1, 0.15) is 25.3 Å². The van der Waals surface area contributed by atoms with Crippen molar-refractivity contribution in [3.05, 3.63) is 54.1 Å². The lowest BCUT2D eigenvalue weighted by molar-refractivity contribution is -0.274. The molecule has 2 saturated heterocycles. The van der Waals surface area contributed by atoms with Crippen LogP contribution in [0.15, 0.2) is 48.5 Å². The van der Waals surface area contributed by atoms with Crippen LogP contribution in [0.4, 0.5) is 18.9 Å². The number of alkyl halides is 3. The van der Waals surface area contributed by atoms with Gasteiger partial charge in [0.2, 0.25) is 0 Å². The average molecular weight is 437 g/mol. The summed E-state index contributed by atoms with van der Waals surface area (Å²) in [6.45, 7) is 5.48. The Morgan fingerprint density at radius 1 is 1.00 bits per heavy atom. The molecule has 1 atom stereocenters. The first kappa shape index (κ1) is 21.8. The molecule has 2 aromatic carbocycles. The highest BCUT2D eigenvalue weighted by atomic mass is 19.4. The molecule has 168 valence electrons. The summed E-state index contributed by atoms with van der Waals surface area (Å²) >= 11 is 0. The van der Waals surface area contributed by atoms with Crippen LogP contribution in [0.5, 0.6) is 11.5 Å². The quantitative estimate of drug-likeness (QED) is 0.548. The van der Waals surface area contributed by atoms with Crippen LogP contribution in [0.25, 0.3) is 0 Å². The van der Waals surface area contributed by atoms with Crippen molar-refractivity contribution in [1.82, 2.24) is 0 Å². The van der Waals surface area contributed by atoms with E-state index in [1.807, 2.05) is 19.1 Å². The number of hydrogen-bond donors (Lipinski definition) is 0. The highest BCUT2D eigenvalue weighted by Crippen LogP contribution is 2.29. The van der Waals surface area contributed by atoms with E-state index in [4.69, 9.17) is 14.2 Å². The Bertz CT molecular complexity index is 843. The lowest BCUT2D eigenvalue weighted by Crippen LogP contribution is -2.36. The molecule has 2 fully saturated rings. The number of piperidine rings is 1. The van der Waals surface area contributed by atoms with Crippen molar-refractivity contribution in [3.63, 3.8) is 0 Å². The molecule has 0 bridgehead atoms. The van der Waals surface area contributed by atoms with Crippen LogP contribution >= 0.6 is 0 Å². The Kier molecular flexibility index (Phi) is 6.29. The van der Waals surface area contributed by atoms with Crippen molar-refractivity contribution in [1.29, 1.82) is 0 Å². The Balaban J connectivity index is 1.19. The molecule has 0 radical (unpaired) electrons. The monoisotopic (exact) mass is 437 g/mol. The molecule has 0 unspecified atom stereocenters. The Hall–Kier alpha value is -2.45. The molecule has 8 heteroatoms. The van der Waals surface area contributed by atoms with Crippen molar-refractivity contribution < 1.29 is 32.1 Å². The number of hydrogen-bond acceptors (Lipinski definition) is 5. The van der Waals surface area contributed by atoms with Crippen LogP contribution in [0.2, 0.25) is 0 Å². The SMILES string of the molecule is C[C@]1(COc2ccc(N3CCC(OCc4ccc(OC(F)(F)F)cc4)CC3)cc2)CO1. The van der Waals surface area contributed by atoms with Gasteiger partial charge in [0.1, 0.15) is 23.7 Å². The maximum absolute atomic E-state index is 12.2. The van der Waals surface area contributed by atoms with E-state index in [2.05, 4.69) is 21.8 Å². The van der Waals surface area contributed by atoms with E-state index >= 15 is 0 Å². The molecule has 0 aromatic heterocycles. The van der Waals surface area contributed by atoms with Crippen LogP contribution in [-0.4, -0.2) is 44.4 Å². The zero-order chi connectivity index (χ0) is 21.9. The summed E-state index contributed by atoms with van der Waals surface area (Å²) in [5.41, 5.74) is 1.84. The summed E-state index contributed by atoms with van der Waals surface area (Å²) in [5, 5.41) is 0. The van der Waals surface area contributed by atoms with Gasteiger partial charge in [0.15, 0.2) is 0 Å². The molecule has 2 aliphatic rings. The van der Waals surface area contributed by atoms with Gasteiger partial charge >= 0.3 is 6.36 Å². The number of halogens is 3. The van der Waals surface area contributed by atoms with Gasteiger partial charge in [0.05, 0.1) is 19.3 Å². The number of rotatable bonds is 8. The topological polar surface area (TPSA) is 43.5 Å². The fraction of sp³-hybridized carbons (Fsp3) is 0.478. The summed E-state index contributed by atoms with van der Waals surface area (Å²) in [4.78, 5) is 2.32. The first-order valence-electron chi connectivity index (χ1n) is 10.4. The fourth-order valence-corrected chi connectivity index (χ4v) is 3.48. The molecule has 2 heterocycles. The van der Waals surface area contributed by atoms with Crippen LogP contribution in [0.3, 0.4) is 0 Å². The zero-order valence-corrected chi connectivity index (χ0v) is 17.4. The molecule has 31 heavy (non-hydrogen) atoms. The lowest BCUT2D eigenvalue weighted by atomic mass is 10.1. The molecule has 5 nitrogen and oxygen atoms in total. The first-order chi connectivity index (χ1) is 14.8. The van der Waals surface area contributed by atoms with E-state index in [0.29, 0.717) is 13.2 Å². The van der Waals surface area contributed by atoms with Crippen molar-refractivity contribution in [2.24, 2.45) is 0 Å². The number of epoxide rings is 1. The third-order valence-corrected chi connectivity index (χ3v) is 5.47. The maximum Gasteiger partial charge on any atom is 0.573 e. The normalized spacial score (nSPS) is 21.7. The summed E-state index contributed by atoms with van der Waals surface area (Å²) in [6, 6.07) is 13.9. The molecule has 0 aliphatic carbocycles. The van der Waals surface area contributed by atoms with Gasteiger partial charge in [-0.3, -0.25) is 0 Å². The Labute approximate surface area is 179 Å². The van der Waals surface area contributed by atoms with E-state index in [1.54, 1.807) is 12.1 Å². The van der Waals surface area contributed by atoms with E-state index in [0.717, 1.165) is 49.5 Å². The van der Waals surface area contributed by atoms with Gasteiger partial charge in [-0.05, 0) is 61.7 Å². The largest absolute Gasteiger partial charge is 0.573 e. The van der Waals surface area contributed by atoms with E-state index in [1.165, 1.54) is 12.1 Å². The summed E-state index contributed by atoms with van der Waals surface area (Å²) in [6.07, 6.45) is -2.76. The van der Waals surface area contributed by atoms with Gasteiger partial charge in [-0.25, -0.2) is 0 Å². The summed E-state index contributed by atoms with van der Waals surface area (Å²) in [7, 11) is 0. The van der Waals surface area contributed by atoms with Crippen LogP contribution < -0.4 is 14.4 Å². The minimum Gasteiger partial charge on any atom is -0.491 e. The second kappa shape index (κ2) is 8.96. The molecule has 0 saturated carbocycles. The number of ether oxygens (including phenoxy) is 4. The number of benzene rings is 2. The number of anilines is 1. The predicted octanol–water partition coefficient (Wildman–Crippen LogP) is 4.94. The maximum atomic E-state index is 12.2. The van der Waals surface area contributed by atoms with E-state index < -0.39 is 6.36 Å². The highest BCUT2D eigenvalue weighted by Gasteiger charge is 2.40. The van der Waals surface area contributed by atoms with E-state index in [-0.39, 0.29) is 17.5 Å². The predicted molar refractivity (Wildman–Crippen MR) is 109 cm³/mol. The second-order valence-corrected chi connectivity index (χ2v) is 8.21. The van der Waals surface area contributed by atoms with Crippen molar-refractivity contribution in [3.8, 4) is 11.5 Å². The van der Waals surface area contributed by atoms with Crippen molar-refractivity contribution in [2.45, 2.75) is 44.4 Å². The van der Waals surface area contributed by atoms with Gasteiger partial charge in [0, 0.05) is 18.8 Å². The van der Waals surface area contributed by atoms with E-state index in [9.17, 15) is 13.2 Å². The smallest absolute Gasteiger partial charge is 0.491 e. The van der Waals surface area contributed by atoms with Gasteiger partial charge in [-0.1, -0.05) is 12.1 Å². The number of nitrogens with zero attached hydrogens (tertiary/aromatic N) is 1. The molecule has 2 aromatic rings. The summed E-state index contributed by atoms with van der Waals surface area (Å²) in [5.74, 6) is 0.612. The Morgan fingerprint density at radius 3 is 2.19 bits per heavy atom. The van der Waals surface area contributed by atoms with Gasteiger partial charge < -0.3 is 23.8 Å². The summed E-state index contributed by atoms with van der Waals surface area (Å²) < 4.78 is 57.6. The van der Waals surface area contributed by atoms with Crippen molar-refractivity contribution >= 4 is 5.69 Å². The molecular formula is C23H26F3NO4. The zero-order valence-electron chi connectivity index (χ0n) is 17.4. The molecule has 2 aliphatic heterocycles. The average Bonchev–Trinajstić information content (AvgIpc) is 3.49. The van der Waals surface area contributed by atoms with Gasteiger partial charge in [0.25, 0.3) is 0 Å². The van der Waals surface area contributed by atoms with Crippen LogP contribution in [0, 0.1) is 0 Å². The standard InChI is InChI=1S/C23H26F3NO4/c1-22(16-30-22)15-29-19-8-4-18(5-9-19)27-12-10-20(11-13-27)28-14-17-2-6-21(7-3-17)31-23(24,25)26/h2-9,20H,10-16H2,1H3/t22-/m0/s1. The molecular weight excluding hydrogens is 411 g/mol. The lowest BCUT2D eigenvalue weighted by Gasteiger charge is -2.33. The minimum atomic E-state index is -4.68. The van der Waals surface area contributed by atoms with Gasteiger partial charge in [-0.15, -0.1) is 13.2 Å². The molecule has 0 N–H and O–H groups in total.